The fourth-order valence-electron chi connectivity index (χ4n) is 2.04. The second-order valence-electron chi connectivity index (χ2n) is 4.43. The third kappa shape index (κ3) is 1.77. The van der Waals surface area contributed by atoms with Crippen molar-refractivity contribution in [2.45, 2.75) is 26.3 Å². The van der Waals surface area contributed by atoms with Gasteiger partial charge in [0.15, 0.2) is 5.54 Å². The molecule has 0 spiro atoms. The van der Waals surface area contributed by atoms with Crippen molar-refractivity contribution < 1.29 is 9.90 Å². The average Bonchev–Trinajstić information content (AvgIpc) is 2.68. The second kappa shape index (κ2) is 4.25. The van der Waals surface area contributed by atoms with E-state index in [1.165, 1.54) is 4.68 Å². The molecule has 1 N–H and O–H groups in total. The number of carbonyl (C=O) groups is 1. The van der Waals surface area contributed by atoms with Crippen molar-refractivity contribution >= 4 is 5.97 Å². The highest BCUT2D eigenvalue weighted by Crippen LogP contribution is 2.26. The molecule has 0 saturated heterocycles. The molecule has 0 aromatic carbocycles. The van der Waals surface area contributed by atoms with E-state index >= 15 is 0 Å². The predicted octanol–water partition coefficient (Wildman–Crippen LogP) is 1.74. The van der Waals surface area contributed by atoms with Crippen LogP contribution in [0.25, 0.3) is 0 Å². The third-order valence-electron chi connectivity index (χ3n) is 3.01. The lowest BCUT2D eigenvalue weighted by Crippen LogP contribution is -2.42. The van der Waals surface area contributed by atoms with Crippen LogP contribution in [0.3, 0.4) is 0 Å². The molecule has 18 heavy (non-hydrogen) atoms. The number of aliphatic carboxylic acids is 1. The first-order valence-corrected chi connectivity index (χ1v) is 5.65. The van der Waals surface area contributed by atoms with Crippen LogP contribution >= 0.6 is 0 Å². The Morgan fingerprint density at radius 3 is 2.56 bits per heavy atom. The molecule has 0 saturated carbocycles. The third-order valence-corrected chi connectivity index (χ3v) is 3.01. The lowest BCUT2D eigenvalue weighted by atomic mass is 9.97. The molecule has 2 rings (SSSR count). The van der Waals surface area contributed by atoms with Crippen LogP contribution in [0.15, 0.2) is 30.5 Å². The molecule has 5 heteroatoms. The van der Waals surface area contributed by atoms with Gasteiger partial charge in [0.05, 0.1) is 11.4 Å². The van der Waals surface area contributed by atoms with Gasteiger partial charge in [-0.1, -0.05) is 6.07 Å². The Labute approximate surface area is 105 Å². The van der Waals surface area contributed by atoms with Gasteiger partial charge in [-0.2, -0.15) is 5.10 Å². The van der Waals surface area contributed by atoms with E-state index in [2.05, 4.69) is 10.1 Å². The van der Waals surface area contributed by atoms with E-state index in [1.54, 1.807) is 31.3 Å². The molecular weight excluding hydrogens is 230 g/mol. The van der Waals surface area contributed by atoms with Gasteiger partial charge in [-0.05, 0) is 39.0 Å². The lowest BCUT2D eigenvalue weighted by Gasteiger charge is -2.26. The van der Waals surface area contributed by atoms with E-state index in [1.807, 2.05) is 19.9 Å². The number of rotatable bonds is 3. The Morgan fingerprint density at radius 2 is 2.11 bits per heavy atom. The highest BCUT2D eigenvalue weighted by atomic mass is 16.4. The van der Waals surface area contributed by atoms with Crippen LogP contribution in [0.5, 0.6) is 0 Å². The van der Waals surface area contributed by atoms with Gasteiger partial charge in [-0.3, -0.25) is 4.98 Å². The fourth-order valence-corrected chi connectivity index (χ4v) is 2.04. The van der Waals surface area contributed by atoms with E-state index in [0.29, 0.717) is 5.69 Å². The normalized spacial score (nSPS) is 14.2. The van der Waals surface area contributed by atoms with Crippen LogP contribution in [0, 0.1) is 13.8 Å². The summed E-state index contributed by atoms with van der Waals surface area (Å²) >= 11 is 0. The predicted molar refractivity (Wildman–Crippen MR) is 66.3 cm³/mol. The zero-order valence-electron chi connectivity index (χ0n) is 10.6. The monoisotopic (exact) mass is 245 g/mol. The molecule has 5 nitrogen and oxygen atoms in total. The minimum atomic E-state index is -1.29. The molecule has 0 aliphatic carbocycles. The summed E-state index contributed by atoms with van der Waals surface area (Å²) in [6, 6.07) is 7.08. The van der Waals surface area contributed by atoms with E-state index in [0.717, 1.165) is 11.4 Å². The Balaban J connectivity index is 2.66. The minimum Gasteiger partial charge on any atom is -0.479 e. The number of pyridine rings is 1. The minimum absolute atomic E-state index is 0.462. The van der Waals surface area contributed by atoms with E-state index in [9.17, 15) is 9.90 Å². The summed E-state index contributed by atoms with van der Waals surface area (Å²) in [6.45, 7) is 5.28. The van der Waals surface area contributed by atoms with Crippen LogP contribution in [0.1, 0.15) is 24.0 Å². The first-order valence-electron chi connectivity index (χ1n) is 5.65. The standard InChI is InChI=1S/C13H15N3O2/c1-9-8-10(2)16(15-9)13(3,12(17)18)11-6-4-5-7-14-11/h4-8H,1-3H3,(H,17,18). The van der Waals surface area contributed by atoms with Gasteiger partial charge < -0.3 is 5.11 Å². The Kier molecular flexibility index (Phi) is 2.90. The summed E-state index contributed by atoms with van der Waals surface area (Å²) < 4.78 is 1.51. The summed E-state index contributed by atoms with van der Waals surface area (Å²) in [5.74, 6) is -0.979. The van der Waals surface area contributed by atoms with Gasteiger partial charge in [-0.15, -0.1) is 0 Å². The average molecular weight is 245 g/mol. The van der Waals surface area contributed by atoms with E-state index < -0.39 is 11.5 Å². The van der Waals surface area contributed by atoms with E-state index in [4.69, 9.17) is 0 Å². The largest absolute Gasteiger partial charge is 0.479 e. The first kappa shape index (κ1) is 12.3. The van der Waals surface area contributed by atoms with Crippen molar-refractivity contribution in [3.05, 3.63) is 47.5 Å². The summed E-state index contributed by atoms with van der Waals surface area (Å²) in [4.78, 5) is 15.8. The fraction of sp³-hybridized carbons (Fsp3) is 0.308. The van der Waals surface area contributed by atoms with Crippen LogP contribution in [0.2, 0.25) is 0 Å². The van der Waals surface area contributed by atoms with Gasteiger partial charge in [0.25, 0.3) is 0 Å². The molecule has 0 amide bonds. The molecule has 94 valence electrons. The SMILES string of the molecule is Cc1cc(C)n(C(C)(C(=O)O)c2ccccn2)n1. The highest BCUT2D eigenvalue weighted by Gasteiger charge is 2.40. The zero-order chi connectivity index (χ0) is 13.3. The topological polar surface area (TPSA) is 68.0 Å². The molecule has 1 atom stereocenters. The molecule has 0 fully saturated rings. The first-order chi connectivity index (χ1) is 8.46. The van der Waals surface area contributed by atoms with Gasteiger partial charge >= 0.3 is 5.97 Å². The molecule has 0 radical (unpaired) electrons. The van der Waals surface area contributed by atoms with Crippen LogP contribution in [0.4, 0.5) is 0 Å². The zero-order valence-corrected chi connectivity index (χ0v) is 10.6. The van der Waals surface area contributed by atoms with Gasteiger partial charge in [0.1, 0.15) is 0 Å². The summed E-state index contributed by atoms with van der Waals surface area (Å²) in [5.41, 5.74) is 0.752. The number of carboxylic acids is 1. The molecule has 0 aliphatic heterocycles. The smallest absolute Gasteiger partial charge is 0.337 e. The number of hydrogen-bond donors (Lipinski definition) is 1. The van der Waals surface area contributed by atoms with Crippen molar-refractivity contribution in [3.63, 3.8) is 0 Å². The summed E-state index contributed by atoms with van der Waals surface area (Å²) in [6.07, 6.45) is 1.59. The Bertz CT molecular complexity index is 577. The Morgan fingerprint density at radius 1 is 1.39 bits per heavy atom. The molecular formula is C13H15N3O2. The molecule has 2 heterocycles. The van der Waals surface area contributed by atoms with Crippen molar-refractivity contribution in [1.29, 1.82) is 0 Å². The molecule has 2 aromatic heterocycles. The van der Waals surface area contributed by atoms with Crippen molar-refractivity contribution in [2.24, 2.45) is 0 Å². The van der Waals surface area contributed by atoms with Crippen molar-refractivity contribution in [2.75, 3.05) is 0 Å². The molecule has 1 unspecified atom stereocenters. The van der Waals surface area contributed by atoms with Crippen molar-refractivity contribution in [3.8, 4) is 0 Å². The number of aryl methyl sites for hydroxylation is 2. The number of aromatic nitrogens is 3. The van der Waals surface area contributed by atoms with E-state index in [-0.39, 0.29) is 0 Å². The van der Waals surface area contributed by atoms with Gasteiger partial charge in [0.2, 0.25) is 0 Å². The van der Waals surface area contributed by atoms with Gasteiger partial charge in [-0.25, -0.2) is 9.48 Å². The number of nitrogens with zero attached hydrogens (tertiary/aromatic N) is 3. The van der Waals surface area contributed by atoms with Crippen LogP contribution < -0.4 is 0 Å². The van der Waals surface area contributed by atoms with Crippen LogP contribution in [-0.4, -0.2) is 25.8 Å². The maximum absolute atomic E-state index is 11.7. The highest BCUT2D eigenvalue weighted by molar-refractivity contribution is 5.80. The lowest BCUT2D eigenvalue weighted by molar-refractivity contribution is -0.145. The quantitative estimate of drug-likeness (QED) is 0.894. The Hall–Kier alpha value is -2.17. The van der Waals surface area contributed by atoms with Crippen LogP contribution in [-0.2, 0) is 10.3 Å². The molecule has 0 bridgehead atoms. The number of hydrogen-bond acceptors (Lipinski definition) is 3. The molecule has 0 aliphatic rings. The van der Waals surface area contributed by atoms with Gasteiger partial charge in [0, 0.05) is 11.9 Å². The molecule has 2 aromatic rings. The summed E-state index contributed by atoms with van der Waals surface area (Å²) in [7, 11) is 0. The maximum atomic E-state index is 11.7. The maximum Gasteiger partial charge on any atom is 0.337 e. The second-order valence-corrected chi connectivity index (χ2v) is 4.43. The summed E-state index contributed by atoms with van der Waals surface area (Å²) in [5, 5.41) is 13.8. The van der Waals surface area contributed by atoms with Crippen molar-refractivity contribution in [1.82, 2.24) is 14.8 Å². The number of carboxylic acid groups (broad SMARTS) is 1.